The lowest BCUT2D eigenvalue weighted by molar-refractivity contribution is 0.141. The summed E-state index contributed by atoms with van der Waals surface area (Å²) in [4.78, 5) is 25.2. The van der Waals surface area contributed by atoms with Crippen molar-refractivity contribution in [3.63, 3.8) is 0 Å². The summed E-state index contributed by atoms with van der Waals surface area (Å²) in [6.45, 7) is 4.33. The first-order valence-electron chi connectivity index (χ1n) is 8.77. The standard InChI is InChI=1S/C19H22N4O2S/c1-12(26-14-5-3-2-4-6-14)15-9-23(10-16(15)24)8-13-7-20-18-17(13)21-11-22-19(18)25/h2-7,11-12,15-16,20,24H,8-10H2,1H3,(H,21,22,25). The zero-order valence-electron chi connectivity index (χ0n) is 14.6. The minimum Gasteiger partial charge on any atom is -0.391 e. The minimum absolute atomic E-state index is 0.159. The van der Waals surface area contributed by atoms with E-state index in [9.17, 15) is 9.90 Å². The molecule has 3 heterocycles. The highest BCUT2D eigenvalue weighted by Gasteiger charge is 2.35. The number of hydrogen-bond donors (Lipinski definition) is 3. The van der Waals surface area contributed by atoms with Crippen LogP contribution in [0.3, 0.4) is 0 Å². The topological polar surface area (TPSA) is 85.0 Å². The molecule has 7 heteroatoms. The number of aliphatic hydroxyl groups is 1. The van der Waals surface area contributed by atoms with Crippen LogP contribution in [0, 0.1) is 5.92 Å². The van der Waals surface area contributed by atoms with E-state index in [2.05, 4.69) is 38.9 Å². The largest absolute Gasteiger partial charge is 0.391 e. The van der Waals surface area contributed by atoms with E-state index < -0.39 is 0 Å². The van der Waals surface area contributed by atoms with Gasteiger partial charge in [0.05, 0.1) is 17.9 Å². The van der Waals surface area contributed by atoms with Gasteiger partial charge in [-0.3, -0.25) is 9.69 Å². The quantitative estimate of drug-likeness (QED) is 0.600. The predicted molar refractivity (Wildman–Crippen MR) is 103 cm³/mol. The van der Waals surface area contributed by atoms with Crippen molar-refractivity contribution < 1.29 is 5.11 Å². The molecule has 26 heavy (non-hydrogen) atoms. The summed E-state index contributed by atoms with van der Waals surface area (Å²) in [5.41, 5.74) is 2.04. The lowest BCUT2D eigenvalue weighted by Gasteiger charge is -2.21. The van der Waals surface area contributed by atoms with Crippen LogP contribution in [0.15, 0.2) is 52.5 Å². The van der Waals surface area contributed by atoms with Crippen LogP contribution in [-0.2, 0) is 6.54 Å². The molecule has 1 saturated heterocycles. The minimum atomic E-state index is -0.345. The van der Waals surface area contributed by atoms with Gasteiger partial charge < -0.3 is 15.1 Å². The van der Waals surface area contributed by atoms with E-state index in [4.69, 9.17) is 0 Å². The number of benzene rings is 1. The van der Waals surface area contributed by atoms with Crippen molar-refractivity contribution in [3.8, 4) is 0 Å². The van der Waals surface area contributed by atoms with Gasteiger partial charge in [-0.2, -0.15) is 0 Å². The van der Waals surface area contributed by atoms with Crippen LogP contribution in [0.4, 0.5) is 0 Å². The Hall–Kier alpha value is -2.09. The first kappa shape index (κ1) is 17.3. The Morgan fingerprint density at radius 1 is 1.31 bits per heavy atom. The number of nitrogens with zero attached hydrogens (tertiary/aromatic N) is 2. The fraction of sp³-hybridized carbons (Fsp3) is 0.368. The van der Waals surface area contributed by atoms with Crippen LogP contribution in [-0.4, -0.2) is 49.4 Å². The first-order valence-corrected chi connectivity index (χ1v) is 9.65. The van der Waals surface area contributed by atoms with Crippen molar-refractivity contribution in [1.29, 1.82) is 0 Å². The number of nitrogens with one attached hydrogen (secondary N) is 2. The van der Waals surface area contributed by atoms with E-state index in [-0.39, 0.29) is 17.6 Å². The molecular weight excluding hydrogens is 348 g/mol. The summed E-state index contributed by atoms with van der Waals surface area (Å²) in [5.74, 6) is 0.210. The predicted octanol–water partition coefficient (Wildman–Crippen LogP) is 2.22. The molecule has 3 atom stereocenters. The molecule has 3 aromatic rings. The summed E-state index contributed by atoms with van der Waals surface area (Å²) in [6, 6.07) is 10.3. The molecule has 2 aromatic heterocycles. The van der Waals surface area contributed by atoms with Gasteiger partial charge in [-0.05, 0) is 12.1 Å². The number of hydrogen-bond acceptors (Lipinski definition) is 5. The fourth-order valence-corrected chi connectivity index (χ4v) is 4.84. The lowest BCUT2D eigenvalue weighted by atomic mass is 10.0. The number of thioether (sulfide) groups is 1. The van der Waals surface area contributed by atoms with Crippen molar-refractivity contribution in [2.75, 3.05) is 13.1 Å². The SMILES string of the molecule is CC(Sc1ccccc1)C1CN(Cc2c[nH]c3c(=O)[nH]cnc23)CC1O. The zero-order chi connectivity index (χ0) is 18.1. The molecule has 1 fully saturated rings. The summed E-state index contributed by atoms with van der Waals surface area (Å²) in [6.07, 6.45) is 2.93. The van der Waals surface area contributed by atoms with Crippen LogP contribution >= 0.6 is 11.8 Å². The van der Waals surface area contributed by atoms with Crippen molar-refractivity contribution in [2.45, 2.75) is 29.7 Å². The van der Waals surface area contributed by atoms with Crippen LogP contribution in [0.2, 0.25) is 0 Å². The molecule has 0 bridgehead atoms. The molecule has 1 aromatic carbocycles. The second-order valence-corrected chi connectivity index (χ2v) is 8.28. The van der Waals surface area contributed by atoms with Gasteiger partial charge in [0.25, 0.3) is 5.56 Å². The van der Waals surface area contributed by atoms with E-state index in [0.717, 1.165) is 12.1 Å². The maximum absolute atomic E-state index is 11.8. The van der Waals surface area contributed by atoms with Gasteiger partial charge in [-0.1, -0.05) is 25.1 Å². The molecule has 0 radical (unpaired) electrons. The maximum Gasteiger partial charge on any atom is 0.275 e. The molecular formula is C19H22N4O2S. The maximum atomic E-state index is 11.8. The molecule has 0 spiro atoms. The smallest absolute Gasteiger partial charge is 0.275 e. The van der Waals surface area contributed by atoms with Crippen LogP contribution < -0.4 is 5.56 Å². The molecule has 136 valence electrons. The lowest BCUT2D eigenvalue weighted by Crippen LogP contribution is -2.26. The molecule has 0 amide bonds. The van der Waals surface area contributed by atoms with E-state index in [1.807, 2.05) is 36.2 Å². The van der Waals surface area contributed by atoms with Crippen molar-refractivity contribution >= 4 is 22.8 Å². The van der Waals surface area contributed by atoms with E-state index in [1.165, 1.54) is 11.2 Å². The monoisotopic (exact) mass is 370 g/mol. The second-order valence-electron chi connectivity index (χ2n) is 6.83. The second kappa shape index (κ2) is 7.26. The normalized spacial score (nSPS) is 22.1. The summed E-state index contributed by atoms with van der Waals surface area (Å²) < 4.78 is 0. The van der Waals surface area contributed by atoms with E-state index in [0.29, 0.717) is 29.4 Å². The number of aliphatic hydroxyl groups excluding tert-OH is 1. The molecule has 4 rings (SSSR count). The summed E-state index contributed by atoms with van der Waals surface area (Å²) in [5, 5.41) is 10.9. The number of likely N-dealkylation sites (tertiary alicyclic amines) is 1. The fourth-order valence-electron chi connectivity index (χ4n) is 3.65. The summed E-state index contributed by atoms with van der Waals surface area (Å²) in [7, 11) is 0. The number of rotatable bonds is 5. The average molecular weight is 370 g/mol. The van der Waals surface area contributed by atoms with Crippen molar-refractivity contribution in [3.05, 3.63) is 58.8 Å². The Bertz CT molecular complexity index is 939. The van der Waals surface area contributed by atoms with Crippen LogP contribution in [0.5, 0.6) is 0 Å². The third-order valence-electron chi connectivity index (χ3n) is 5.02. The number of fused-ring (bicyclic) bond motifs is 1. The van der Waals surface area contributed by atoms with Gasteiger partial charge in [-0.15, -0.1) is 11.8 Å². The van der Waals surface area contributed by atoms with E-state index in [1.54, 1.807) is 0 Å². The Morgan fingerprint density at radius 3 is 2.92 bits per heavy atom. The van der Waals surface area contributed by atoms with Gasteiger partial charge in [0.15, 0.2) is 0 Å². The molecule has 0 saturated carbocycles. The Kier molecular flexibility index (Phi) is 4.84. The molecule has 1 aliphatic heterocycles. The number of H-pyrrole nitrogens is 2. The summed E-state index contributed by atoms with van der Waals surface area (Å²) >= 11 is 1.81. The van der Waals surface area contributed by atoms with E-state index >= 15 is 0 Å². The molecule has 3 N–H and O–H groups in total. The number of aromatic amines is 2. The molecule has 3 unspecified atom stereocenters. The first-order chi connectivity index (χ1) is 12.6. The van der Waals surface area contributed by atoms with Gasteiger partial charge in [0, 0.05) is 47.5 Å². The van der Waals surface area contributed by atoms with Crippen LogP contribution in [0.25, 0.3) is 11.0 Å². The number of β-amino-alcohol motifs (C(OH)–C–C–N with tert-alkyl or cyclic N) is 1. The van der Waals surface area contributed by atoms with Crippen molar-refractivity contribution in [2.24, 2.45) is 5.92 Å². The highest BCUT2D eigenvalue weighted by molar-refractivity contribution is 8.00. The average Bonchev–Trinajstić information content (AvgIpc) is 3.21. The van der Waals surface area contributed by atoms with Gasteiger partial charge in [0.1, 0.15) is 5.52 Å². The Labute approximate surface area is 155 Å². The van der Waals surface area contributed by atoms with Gasteiger partial charge in [-0.25, -0.2) is 4.98 Å². The number of aromatic nitrogens is 3. The molecule has 1 aliphatic rings. The highest BCUT2D eigenvalue weighted by atomic mass is 32.2. The van der Waals surface area contributed by atoms with Gasteiger partial charge in [0.2, 0.25) is 0 Å². The third-order valence-corrected chi connectivity index (χ3v) is 6.28. The third kappa shape index (κ3) is 3.42. The molecule has 6 nitrogen and oxygen atoms in total. The van der Waals surface area contributed by atoms with Gasteiger partial charge >= 0.3 is 0 Å². The highest BCUT2D eigenvalue weighted by Crippen LogP contribution is 2.33. The van der Waals surface area contributed by atoms with Crippen molar-refractivity contribution in [1.82, 2.24) is 19.9 Å². The Balaban J connectivity index is 1.45. The Morgan fingerprint density at radius 2 is 2.12 bits per heavy atom. The zero-order valence-corrected chi connectivity index (χ0v) is 15.4. The molecule has 0 aliphatic carbocycles. The van der Waals surface area contributed by atoms with Crippen LogP contribution in [0.1, 0.15) is 12.5 Å².